The maximum Gasteiger partial charge on any atom is 0.119 e. The van der Waals surface area contributed by atoms with Gasteiger partial charge in [0.15, 0.2) is 0 Å². The minimum Gasteiger partial charge on any atom is -0.497 e. The van der Waals surface area contributed by atoms with Gasteiger partial charge in [-0.3, -0.25) is 4.90 Å². The molecular formula is C18H24N2O2S. The van der Waals surface area contributed by atoms with E-state index in [1.54, 1.807) is 18.4 Å². The van der Waals surface area contributed by atoms with Gasteiger partial charge >= 0.3 is 0 Å². The fourth-order valence-electron chi connectivity index (χ4n) is 3.25. The zero-order valence-corrected chi connectivity index (χ0v) is 14.3. The first-order valence-electron chi connectivity index (χ1n) is 8.18. The van der Waals surface area contributed by atoms with Gasteiger partial charge in [0.05, 0.1) is 19.8 Å². The van der Waals surface area contributed by atoms with Gasteiger partial charge in [-0.25, -0.2) is 4.98 Å². The number of nitrogens with zero attached hydrogens (tertiary/aromatic N) is 2. The zero-order chi connectivity index (χ0) is 16.1. The number of hydrogen-bond acceptors (Lipinski definition) is 5. The monoisotopic (exact) mass is 332 g/mol. The fraction of sp³-hybridized carbons (Fsp3) is 0.500. The van der Waals surface area contributed by atoms with Crippen molar-refractivity contribution in [1.82, 2.24) is 9.88 Å². The lowest BCUT2D eigenvalue weighted by molar-refractivity contribution is 0.0665. The topological polar surface area (TPSA) is 45.6 Å². The molecule has 1 fully saturated rings. The number of ether oxygens (including phenoxy) is 1. The molecule has 0 aliphatic heterocycles. The molecule has 3 rings (SSSR count). The van der Waals surface area contributed by atoms with E-state index in [2.05, 4.69) is 22.0 Å². The summed E-state index contributed by atoms with van der Waals surface area (Å²) >= 11 is 1.71. The third-order valence-electron chi connectivity index (χ3n) is 4.52. The summed E-state index contributed by atoms with van der Waals surface area (Å²) in [4.78, 5) is 6.94. The van der Waals surface area contributed by atoms with E-state index < -0.39 is 0 Å². The molecule has 1 aromatic carbocycles. The van der Waals surface area contributed by atoms with E-state index in [1.807, 2.05) is 23.7 Å². The van der Waals surface area contributed by atoms with Crippen molar-refractivity contribution >= 4 is 11.3 Å². The molecule has 23 heavy (non-hydrogen) atoms. The molecular weight excluding hydrogens is 308 g/mol. The van der Waals surface area contributed by atoms with Crippen molar-refractivity contribution in [3.05, 3.63) is 46.4 Å². The summed E-state index contributed by atoms with van der Waals surface area (Å²) in [7, 11) is 1.70. The van der Waals surface area contributed by atoms with E-state index in [0.29, 0.717) is 6.04 Å². The van der Waals surface area contributed by atoms with Crippen LogP contribution in [0.2, 0.25) is 0 Å². The number of rotatable bonds is 6. The van der Waals surface area contributed by atoms with Gasteiger partial charge in [0.2, 0.25) is 0 Å². The molecule has 1 heterocycles. The van der Waals surface area contributed by atoms with Gasteiger partial charge in [-0.05, 0) is 43.4 Å². The highest BCUT2D eigenvalue weighted by Crippen LogP contribution is 2.27. The molecule has 1 aliphatic rings. The quantitative estimate of drug-likeness (QED) is 0.880. The molecule has 0 atom stereocenters. The zero-order valence-electron chi connectivity index (χ0n) is 13.5. The van der Waals surface area contributed by atoms with Gasteiger partial charge in [-0.15, -0.1) is 11.3 Å². The second-order valence-electron chi connectivity index (χ2n) is 6.14. The minimum absolute atomic E-state index is 0.121. The Kier molecular flexibility index (Phi) is 5.65. The lowest BCUT2D eigenvalue weighted by atomic mass is 9.91. The third kappa shape index (κ3) is 4.53. The van der Waals surface area contributed by atoms with Crippen LogP contribution in [0.3, 0.4) is 0 Å². The van der Waals surface area contributed by atoms with Crippen molar-refractivity contribution < 1.29 is 9.84 Å². The van der Waals surface area contributed by atoms with Crippen LogP contribution in [0.5, 0.6) is 5.75 Å². The predicted molar refractivity (Wildman–Crippen MR) is 92.6 cm³/mol. The van der Waals surface area contributed by atoms with Crippen molar-refractivity contribution in [3.63, 3.8) is 0 Å². The van der Waals surface area contributed by atoms with Crippen molar-refractivity contribution in [2.75, 3.05) is 7.11 Å². The molecule has 0 amide bonds. The van der Waals surface area contributed by atoms with Gasteiger partial charge in [-0.2, -0.15) is 0 Å². The summed E-state index contributed by atoms with van der Waals surface area (Å²) in [5, 5.41) is 13.0. The van der Waals surface area contributed by atoms with Crippen LogP contribution < -0.4 is 4.74 Å². The Hall–Kier alpha value is -1.43. The van der Waals surface area contributed by atoms with Crippen molar-refractivity contribution in [2.45, 2.75) is 50.9 Å². The van der Waals surface area contributed by atoms with Crippen LogP contribution in [-0.2, 0) is 13.1 Å². The van der Waals surface area contributed by atoms with E-state index in [1.165, 1.54) is 5.56 Å². The molecule has 124 valence electrons. The number of hydrogen-bond donors (Lipinski definition) is 1. The van der Waals surface area contributed by atoms with Crippen LogP contribution >= 0.6 is 11.3 Å². The molecule has 1 aromatic heterocycles. The van der Waals surface area contributed by atoms with Crippen LogP contribution in [0.15, 0.2) is 35.8 Å². The van der Waals surface area contributed by atoms with E-state index in [-0.39, 0.29) is 6.10 Å². The second kappa shape index (κ2) is 7.90. The molecule has 0 bridgehead atoms. The third-order valence-corrected chi connectivity index (χ3v) is 5.29. The number of aliphatic hydroxyl groups excluding tert-OH is 1. The first-order chi connectivity index (χ1) is 11.2. The van der Waals surface area contributed by atoms with E-state index in [0.717, 1.165) is 49.5 Å². The van der Waals surface area contributed by atoms with Gasteiger partial charge in [0, 0.05) is 24.2 Å². The first kappa shape index (κ1) is 16.4. The highest BCUT2D eigenvalue weighted by Gasteiger charge is 2.25. The van der Waals surface area contributed by atoms with Crippen LogP contribution in [0.25, 0.3) is 0 Å². The summed E-state index contributed by atoms with van der Waals surface area (Å²) < 4.78 is 5.34. The largest absolute Gasteiger partial charge is 0.497 e. The van der Waals surface area contributed by atoms with Gasteiger partial charge in [0.1, 0.15) is 10.8 Å². The predicted octanol–water partition coefficient (Wildman–Crippen LogP) is 3.46. The molecule has 1 saturated carbocycles. The summed E-state index contributed by atoms with van der Waals surface area (Å²) in [6, 6.07) is 8.78. The second-order valence-corrected chi connectivity index (χ2v) is 7.12. The van der Waals surface area contributed by atoms with Gasteiger partial charge in [0.25, 0.3) is 0 Å². The number of thiazole rings is 1. The van der Waals surface area contributed by atoms with Crippen LogP contribution in [0.1, 0.15) is 36.3 Å². The normalized spacial score (nSPS) is 21.5. The SMILES string of the molecule is COc1cccc(CN(Cc2nccs2)C2CCC(O)CC2)c1. The summed E-state index contributed by atoms with van der Waals surface area (Å²) in [5.74, 6) is 0.899. The molecule has 0 saturated heterocycles. The van der Waals surface area contributed by atoms with Crippen LogP contribution in [-0.4, -0.2) is 34.2 Å². The molecule has 0 unspecified atom stereocenters. The van der Waals surface area contributed by atoms with E-state index in [9.17, 15) is 5.11 Å². The fourth-order valence-corrected chi connectivity index (χ4v) is 3.89. The van der Waals surface area contributed by atoms with Crippen LogP contribution in [0, 0.1) is 0 Å². The van der Waals surface area contributed by atoms with E-state index >= 15 is 0 Å². The van der Waals surface area contributed by atoms with E-state index in [4.69, 9.17) is 4.74 Å². The van der Waals surface area contributed by atoms with Gasteiger partial charge < -0.3 is 9.84 Å². The standard InChI is InChI=1S/C18H24N2O2S/c1-22-17-4-2-3-14(11-17)12-20(13-18-19-9-10-23-18)15-5-7-16(21)8-6-15/h2-4,9-11,15-16,21H,5-8,12-13H2,1H3. The highest BCUT2D eigenvalue weighted by atomic mass is 32.1. The molecule has 0 radical (unpaired) electrons. The number of benzene rings is 1. The molecule has 5 heteroatoms. The molecule has 2 aromatic rings. The number of methoxy groups -OCH3 is 1. The molecule has 0 spiro atoms. The molecule has 1 aliphatic carbocycles. The first-order valence-corrected chi connectivity index (χ1v) is 9.06. The Morgan fingerprint density at radius 3 is 2.78 bits per heavy atom. The van der Waals surface area contributed by atoms with Gasteiger partial charge in [-0.1, -0.05) is 12.1 Å². The Labute approximate surface area is 141 Å². The van der Waals surface area contributed by atoms with Crippen molar-refractivity contribution in [2.24, 2.45) is 0 Å². The maximum atomic E-state index is 9.78. The summed E-state index contributed by atoms with van der Waals surface area (Å²) in [6.07, 6.45) is 5.65. The smallest absolute Gasteiger partial charge is 0.119 e. The van der Waals surface area contributed by atoms with Crippen LogP contribution in [0.4, 0.5) is 0 Å². The lowest BCUT2D eigenvalue weighted by Crippen LogP contribution is -2.38. The summed E-state index contributed by atoms with van der Waals surface area (Å²) in [5.41, 5.74) is 1.26. The average molecular weight is 332 g/mol. The summed E-state index contributed by atoms with van der Waals surface area (Å²) in [6.45, 7) is 1.76. The van der Waals surface area contributed by atoms with Crippen molar-refractivity contribution in [1.29, 1.82) is 0 Å². The van der Waals surface area contributed by atoms with Crippen molar-refractivity contribution in [3.8, 4) is 5.75 Å². The lowest BCUT2D eigenvalue weighted by Gasteiger charge is -2.35. The Bertz CT molecular complexity index is 595. The number of aromatic nitrogens is 1. The average Bonchev–Trinajstić information content (AvgIpc) is 3.08. The molecule has 1 N–H and O–H groups in total. The Balaban J connectivity index is 1.73. The maximum absolute atomic E-state index is 9.78. The minimum atomic E-state index is -0.121. The Morgan fingerprint density at radius 1 is 1.26 bits per heavy atom. The Morgan fingerprint density at radius 2 is 2.09 bits per heavy atom. The number of aliphatic hydroxyl groups is 1. The molecule has 4 nitrogen and oxygen atoms in total. The highest BCUT2D eigenvalue weighted by molar-refractivity contribution is 7.09.